The fraction of sp³-hybridized carbons (Fsp3) is 0. The molecule has 6 nitrogen and oxygen atoms in total. The lowest BCUT2D eigenvalue weighted by molar-refractivity contribution is -0.384. The second-order valence-electron chi connectivity index (χ2n) is 4.78. The van der Waals surface area contributed by atoms with Gasteiger partial charge < -0.3 is 4.74 Å². The fourth-order valence-corrected chi connectivity index (χ4v) is 2.79. The standard InChI is InChI=1S/C16H8BrClN2O4/c17-11-4-2-1-3-10(11)15-19-13(16(21)24-15)8-9-5-6-14(20(22)23)12(18)7-9/h1-8H/b13-8+. The van der Waals surface area contributed by atoms with Crippen molar-refractivity contribution in [3.63, 3.8) is 0 Å². The van der Waals surface area contributed by atoms with Crippen LogP contribution in [0.4, 0.5) is 5.69 Å². The average Bonchev–Trinajstić information content (AvgIpc) is 2.88. The first-order valence-electron chi connectivity index (χ1n) is 6.67. The van der Waals surface area contributed by atoms with Crippen molar-refractivity contribution in [3.8, 4) is 0 Å². The molecule has 0 spiro atoms. The lowest BCUT2D eigenvalue weighted by Gasteiger charge is -2.01. The van der Waals surface area contributed by atoms with Gasteiger partial charge >= 0.3 is 5.97 Å². The maximum Gasteiger partial charge on any atom is 0.363 e. The van der Waals surface area contributed by atoms with E-state index in [4.69, 9.17) is 16.3 Å². The van der Waals surface area contributed by atoms with Crippen molar-refractivity contribution in [1.82, 2.24) is 0 Å². The fourth-order valence-electron chi connectivity index (χ4n) is 2.08. The number of benzene rings is 2. The third-order valence-electron chi connectivity index (χ3n) is 3.20. The molecule has 1 aliphatic heterocycles. The van der Waals surface area contributed by atoms with Gasteiger partial charge in [0.15, 0.2) is 5.70 Å². The molecule has 0 N–H and O–H groups in total. The molecule has 2 aromatic rings. The molecular formula is C16H8BrClN2O4. The predicted molar refractivity (Wildman–Crippen MR) is 92.9 cm³/mol. The molecule has 0 atom stereocenters. The van der Waals surface area contributed by atoms with Crippen LogP contribution < -0.4 is 0 Å². The summed E-state index contributed by atoms with van der Waals surface area (Å²) in [4.78, 5) is 26.3. The molecule has 0 saturated carbocycles. The van der Waals surface area contributed by atoms with Gasteiger partial charge in [-0.3, -0.25) is 10.1 Å². The van der Waals surface area contributed by atoms with E-state index in [0.717, 1.165) is 4.47 Å². The Kier molecular flexibility index (Phi) is 4.46. The molecular weight excluding hydrogens is 400 g/mol. The minimum atomic E-state index is -0.602. The Balaban J connectivity index is 1.96. The second kappa shape index (κ2) is 6.54. The van der Waals surface area contributed by atoms with E-state index in [1.807, 2.05) is 12.1 Å². The normalized spacial score (nSPS) is 15.3. The van der Waals surface area contributed by atoms with Gasteiger partial charge in [0.2, 0.25) is 5.90 Å². The highest BCUT2D eigenvalue weighted by Crippen LogP contribution is 2.28. The molecule has 0 aliphatic carbocycles. The summed E-state index contributed by atoms with van der Waals surface area (Å²) >= 11 is 9.23. The highest BCUT2D eigenvalue weighted by Gasteiger charge is 2.25. The van der Waals surface area contributed by atoms with E-state index in [1.165, 1.54) is 24.3 Å². The minimum Gasteiger partial charge on any atom is -0.402 e. The Morgan fingerprint density at radius 1 is 1.25 bits per heavy atom. The highest BCUT2D eigenvalue weighted by molar-refractivity contribution is 9.10. The monoisotopic (exact) mass is 406 g/mol. The van der Waals surface area contributed by atoms with Gasteiger partial charge in [-0.25, -0.2) is 9.79 Å². The summed E-state index contributed by atoms with van der Waals surface area (Å²) in [5, 5.41) is 10.7. The van der Waals surface area contributed by atoms with Crippen LogP contribution in [0.3, 0.4) is 0 Å². The second-order valence-corrected chi connectivity index (χ2v) is 6.05. The zero-order valence-corrected chi connectivity index (χ0v) is 14.2. The number of rotatable bonds is 3. The van der Waals surface area contributed by atoms with Crippen LogP contribution in [0.5, 0.6) is 0 Å². The van der Waals surface area contributed by atoms with Crippen LogP contribution in [0.1, 0.15) is 11.1 Å². The Morgan fingerprint density at radius 2 is 2.00 bits per heavy atom. The SMILES string of the molecule is O=C1OC(c2ccccc2Br)=N/C1=C/c1ccc([N+](=O)[O-])c(Cl)c1. The smallest absolute Gasteiger partial charge is 0.363 e. The van der Waals surface area contributed by atoms with Gasteiger partial charge in [-0.05, 0) is 51.8 Å². The van der Waals surface area contributed by atoms with Crippen LogP contribution in [0.2, 0.25) is 5.02 Å². The van der Waals surface area contributed by atoms with Crippen LogP contribution in [-0.2, 0) is 9.53 Å². The van der Waals surface area contributed by atoms with Crippen molar-refractivity contribution in [2.24, 2.45) is 4.99 Å². The van der Waals surface area contributed by atoms with E-state index in [0.29, 0.717) is 11.1 Å². The first-order valence-corrected chi connectivity index (χ1v) is 7.84. The van der Waals surface area contributed by atoms with Gasteiger partial charge in [0.1, 0.15) is 5.02 Å². The van der Waals surface area contributed by atoms with Crippen molar-refractivity contribution in [2.45, 2.75) is 0 Å². The van der Waals surface area contributed by atoms with Crippen LogP contribution in [0, 0.1) is 10.1 Å². The first kappa shape index (κ1) is 16.4. The number of carbonyl (C=O) groups excluding carboxylic acids is 1. The number of cyclic esters (lactones) is 1. The van der Waals surface area contributed by atoms with Gasteiger partial charge in [-0.2, -0.15) is 0 Å². The van der Waals surface area contributed by atoms with Crippen molar-refractivity contribution in [2.75, 3.05) is 0 Å². The zero-order chi connectivity index (χ0) is 17.3. The molecule has 0 saturated heterocycles. The van der Waals surface area contributed by atoms with Crippen LogP contribution in [-0.4, -0.2) is 16.8 Å². The zero-order valence-electron chi connectivity index (χ0n) is 11.9. The number of hydrogen-bond acceptors (Lipinski definition) is 5. The van der Waals surface area contributed by atoms with E-state index < -0.39 is 10.9 Å². The Hall–Kier alpha value is -2.51. The van der Waals surface area contributed by atoms with Gasteiger partial charge in [-0.1, -0.05) is 23.7 Å². The molecule has 0 bridgehead atoms. The number of hydrogen-bond donors (Lipinski definition) is 0. The van der Waals surface area contributed by atoms with E-state index in [2.05, 4.69) is 20.9 Å². The molecule has 0 unspecified atom stereocenters. The number of nitro benzene ring substituents is 1. The number of aliphatic imine (C=N–C) groups is 1. The molecule has 0 aromatic heterocycles. The van der Waals surface area contributed by atoms with E-state index >= 15 is 0 Å². The van der Waals surface area contributed by atoms with Gasteiger partial charge in [0, 0.05) is 10.5 Å². The van der Waals surface area contributed by atoms with E-state index in [9.17, 15) is 14.9 Å². The molecule has 1 heterocycles. The Labute approximate surface area is 149 Å². The van der Waals surface area contributed by atoms with Crippen LogP contribution >= 0.6 is 27.5 Å². The quantitative estimate of drug-likeness (QED) is 0.328. The van der Waals surface area contributed by atoms with E-state index in [-0.39, 0.29) is 22.3 Å². The van der Waals surface area contributed by atoms with Crippen molar-refractivity contribution < 1.29 is 14.5 Å². The molecule has 1 aliphatic rings. The lowest BCUT2D eigenvalue weighted by Crippen LogP contribution is -2.05. The largest absolute Gasteiger partial charge is 0.402 e. The molecule has 2 aromatic carbocycles. The van der Waals surface area contributed by atoms with Crippen LogP contribution in [0.25, 0.3) is 6.08 Å². The van der Waals surface area contributed by atoms with Gasteiger partial charge in [-0.15, -0.1) is 0 Å². The number of nitrogens with zero attached hydrogens (tertiary/aromatic N) is 2. The summed E-state index contributed by atoms with van der Waals surface area (Å²) in [7, 11) is 0. The molecule has 8 heteroatoms. The minimum absolute atomic E-state index is 0.0179. The summed E-state index contributed by atoms with van der Waals surface area (Å²) in [6.07, 6.45) is 1.46. The third kappa shape index (κ3) is 3.22. The van der Waals surface area contributed by atoms with Crippen molar-refractivity contribution >= 4 is 51.2 Å². The summed E-state index contributed by atoms with van der Waals surface area (Å²) < 4.78 is 5.92. The molecule has 24 heavy (non-hydrogen) atoms. The van der Waals surface area contributed by atoms with Gasteiger partial charge in [0.25, 0.3) is 5.69 Å². The molecule has 0 radical (unpaired) electrons. The Morgan fingerprint density at radius 3 is 2.67 bits per heavy atom. The van der Waals surface area contributed by atoms with Crippen molar-refractivity contribution in [3.05, 3.63) is 78.9 Å². The summed E-state index contributed by atoms with van der Waals surface area (Å²) in [6, 6.07) is 11.4. The first-order chi connectivity index (χ1) is 11.5. The Bertz CT molecular complexity index is 924. The topological polar surface area (TPSA) is 81.8 Å². The molecule has 3 rings (SSSR count). The number of carbonyl (C=O) groups is 1. The lowest BCUT2D eigenvalue weighted by atomic mass is 10.2. The summed E-state index contributed by atoms with van der Waals surface area (Å²) in [5.41, 5.74) is 1.04. The summed E-state index contributed by atoms with van der Waals surface area (Å²) in [5.74, 6) is -0.415. The maximum atomic E-state index is 12.0. The predicted octanol–water partition coefficient (Wildman–Crippen LogP) is 4.36. The maximum absolute atomic E-state index is 12.0. The van der Waals surface area contributed by atoms with Crippen LogP contribution in [0.15, 0.2) is 57.6 Å². The number of halogens is 2. The van der Waals surface area contributed by atoms with E-state index in [1.54, 1.807) is 12.1 Å². The number of ether oxygens (including phenoxy) is 1. The molecule has 0 amide bonds. The van der Waals surface area contributed by atoms with Gasteiger partial charge in [0.05, 0.1) is 10.5 Å². The number of nitro groups is 1. The molecule has 120 valence electrons. The van der Waals surface area contributed by atoms with Crippen molar-refractivity contribution in [1.29, 1.82) is 0 Å². The third-order valence-corrected chi connectivity index (χ3v) is 4.19. The summed E-state index contributed by atoms with van der Waals surface area (Å²) in [6.45, 7) is 0. The number of esters is 1. The average molecular weight is 408 g/mol. The molecule has 0 fully saturated rings. The highest BCUT2D eigenvalue weighted by atomic mass is 79.9.